The summed E-state index contributed by atoms with van der Waals surface area (Å²) in [5.74, 6) is 0. The number of hydrogen-bond acceptors (Lipinski definition) is 2. The number of nitrogens with zero attached hydrogens (tertiary/aromatic N) is 2. The van der Waals surface area contributed by atoms with Crippen LogP contribution in [-0.4, -0.2) is 14.5 Å². The number of rotatable bonds is 2. The Morgan fingerprint density at radius 3 is 2.76 bits per heavy atom. The maximum atomic E-state index is 5.33. The maximum absolute atomic E-state index is 5.33. The predicted octanol–water partition coefficient (Wildman–Crippen LogP) is 3.29. The van der Waals surface area contributed by atoms with Crippen molar-refractivity contribution in [2.45, 2.75) is 32.7 Å². The SMILES string of the molecule is CC(C)(C)c1c[nH]c(=S)n1Cc1cccnc1. The van der Waals surface area contributed by atoms with Crippen molar-refractivity contribution in [3.8, 4) is 0 Å². The number of aromatic amines is 1. The molecule has 0 radical (unpaired) electrons. The molecule has 0 saturated heterocycles. The smallest absolute Gasteiger partial charge is 0.177 e. The average molecular weight is 247 g/mol. The van der Waals surface area contributed by atoms with Crippen LogP contribution in [0.2, 0.25) is 0 Å². The van der Waals surface area contributed by atoms with Crippen LogP contribution in [0.1, 0.15) is 32.0 Å². The first-order valence-electron chi connectivity index (χ1n) is 5.66. The van der Waals surface area contributed by atoms with Gasteiger partial charge >= 0.3 is 0 Å². The van der Waals surface area contributed by atoms with Gasteiger partial charge in [0.05, 0.1) is 6.54 Å². The highest BCUT2D eigenvalue weighted by Gasteiger charge is 2.19. The van der Waals surface area contributed by atoms with Crippen molar-refractivity contribution < 1.29 is 0 Å². The van der Waals surface area contributed by atoms with E-state index in [2.05, 4.69) is 41.4 Å². The first-order chi connectivity index (χ1) is 7.98. The highest BCUT2D eigenvalue weighted by atomic mass is 32.1. The van der Waals surface area contributed by atoms with Crippen molar-refractivity contribution in [2.75, 3.05) is 0 Å². The molecule has 90 valence electrons. The molecule has 0 atom stereocenters. The summed E-state index contributed by atoms with van der Waals surface area (Å²) in [6.07, 6.45) is 5.66. The number of imidazole rings is 1. The minimum absolute atomic E-state index is 0.0791. The van der Waals surface area contributed by atoms with Crippen LogP contribution >= 0.6 is 12.2 Å². The van der Waals surface area contributed by atoms with Gasteiger partial charge in [0, 0.05) is 29.7 Å². The number of pyridine rings is 1. The fraction of sp³-hybridized carbons (Fsp3) is 0.385. The highest BCUT2D eigenvalue weighted by molar-refractivity contribution is 7.71. The second-order valence-corrected chi connectivity index (χ2v) is 5.56. The van der Waals surface area contributed by atoms with Gasteiger partial charge < -0.3 is 9.55 Å². The third kappa shape index (κ3) is 2.64. The van der Waals surface area contributed by atoms with Crippen LogP contribution < -0.4 is 0 Å². The minimum Gasteiger partial charge on any atom is -0.337 e. The van der Waals surface area contributed by atoms with E-state index in [1.54, 1.807) is 6.20 Å². The van der Waals surface area contributed by atoms with Gasteiger partial charge in [0.15, 0.2) is 4.77 Å². The summed E-state index contributed by atoms with van der Waals surface area (Å²) >= 11 is 5.33. The number of nitrogens with one attached hydrogen (secondary N) is 1. The van der Waals surface area contributed by atoms with Crippen molar-refractivity contribution >= 4 is 12.2 Å². The third-order valence-corrected chi connectivity index (χ3v) is 3.04. The molecule has 0 aliphatic carbocycles. The van der Waals surface area contributed by atoms with Crippen LogP contribution in [0.5, 0.6) is 0 Å². The molecule has 2 aromatic rings. The molecule has 1 N–H and O–H groups in total. The molecule has 2 rings (SSSR count). The zero-order chi connectivity index (χ0) is 12.5. The van der Waals surface area contributed by atoms with Crippen molar-refractivity contribution in [1.29, 1.82) is 0 Å². The topological polar surface area (TPSA) is 33.6 Å². The summed E-state index contributed by atoms with van der Waals surface area (Å²) in [5.41, 5.74) is 2.45. The van der Waals surface area contributed by atoms with E-state index < -0.39 is 0 Å². The molecule has 0 unspecified atom stereocenters. The molecular formula is C13H17N3S. The lowest BCUT2D eigenvalue weighted by Crippen LogP contribution is -2.18. The Balaban J connectivity index is 2.40. The maximum Gasteiger partial charge on any atom is 0.177 e. The molecule has 0 spiro atoms. The Hall–Kier alpha value is -1.42. The van der Waals surface area contributed by atoms with Gasteiger partial charge in [-0.05, 0) is 23.8 Å². The zero-order valence-corrected chi connectivity index (χ0v) is 11.2. The lowest BCUT2D eigenvalue weighted by Gasteiger charge is -2.20. The molecule has 4 heteroatoms. The molecule has 0 aromatic carbocycles. The third-order valence-electron chi connectivity index (χ3n) is 2.70. The van der Waals surface area contributed by atoms with E-state index in [1.807, 2.05) is 18.5 Å². The van der Waals surface area contributed by atoms with Gasteiger partial charge in [0.1, 0.15) is 0 Å². The molecule has 3 nitrogen and oxygen atoms in total. The predicted molar refractivity (Wildman–Crippen MR) is 71.7 cm³/mol. The van der Waals surface area contributed by atoms with E-state index in [9.17, 15) is 0 Å². The number of H-pyrrole nitrogens is 1. The first kappa shape index (κ1) is 12.0. The van der Waals surface area contributed by atoms with E-state index >= 15 is 0 Å². The van der Waals surface area contributed by atoms with Gasteiger partial charge in [0.25, 0.3) is 0 Å². The standard InChI is InChI=1S/C13H17N3S/c1-13(2,3)11-8-15-12(17)16(11)9-10-5-4-6-14-7-10/h4-8H,9H2,1-3H3,(H,15,17). The molecule has 0 bridgehead atoms. The molecule has 0 fully saturated rings. The van der Waals surface area contributed by atoms with Crippen molar-refractivity contribution in [3.63, 3.8) is 0 Å². The van der Waals surface area contributed by atoms with Gasteiger partial charge in [-0.2, -0.15) is 0 Å². The van der Waals surface area contributed by atoms with E-state index in [4.69, 9.17) is 12.2 Å². The number of aromatic nitrogens is 3. The van der Waals surface area contributed by atoms with E-state index in [-0.39, 0.29) is 5.41 Å². The van der Waals surface area contributed by atoms with Crippen LogP contribution in [0.4, 0.5) is 0 Å². The van der Waals surface area contributed by atoms with Crippen molar-refractivity contribution in [2.24, 2.45) is 0 Å². The second kappa shape index (κ2) is 4.45. The lowest BCUT2D eigenvalue weighted by atomic mass is 9.92. The minimum atomic E-state index is 0.0791. The Morgan fingerprint density at radius 1 is 1.41 bits per heavy atom. The summed E-state index contributed by atoms with van der Waals surface area (Å²) < 4.78 is 2.89. The van der Waals surface area contributed by atoms with E-state index in [0.29, 0.717) is 0 Å². The summed E-state index contributed by atoms with van der Waals surface area (Å²) in [5, 5.41) is 0. The second-order valence-electron chi connectivity index (χ2n) is 5.18. The molecule has 2 aromatic heterocycles. The fourth-order valence-corrected chi connectivity index (χ4v) is 2.07. The normalized spacial score (nSPS) is 11.7. The van der Waals surface area contributed by atoms with E-state index in [0.717, 1.165) is 16.9 Å². The van der Waals surface area contributed by atoms with Gasteiger partial charge in [-0.3, -0.25) is 4.98 Å². The van der Waals surface area contributed by atoms with Crippen molar-refractivity contribution in [1.82, 2.24) is 14.5 Å². The molecule has 2 heterocycles. The Labute approximate surface area is 107 Å². The van der Waals surface area contributed by atoms with Gasteiger partial charge in [0.2, 0.25) is 0 Å². The monoisotopic (exact) mass is 247 g/mol. The van der Waals surface area contributed by atoms with Crippen LogP contribution in [0.3, 0.4) is 0 Å². The Kier molecular flexibility index (Phi) is 3.15. The van der Waals surface area contributed by atoms with Gasteiger partial charge in [-0.1, -0.05) is 26.8 Å². The molecule has 0 amide bonds. The van der Waals surface area contributed by atoms with Crippen molar-refractivity contribution in [3.05, 3.63) is 46.8 Å². The van der Waals surface area contributed by atoms with Gasteiger partial charge in [-0.25, -0.2) is 0 Å². The lowest BCUT2D eigenvalue weighted by molar-refractivity contribution is 0.529. The van der Waals surface area contributed by atoms with Crippen LogP contribution in [-0.2, 0) is 12.0 Å². The van der Waals surface area contributed by atoms with Crippen LogP contribution in [0, 0.1) is 4.77 Å². The molecule has 0 saturated carbocycles. The number of hydrogen-bond donors (Lipinski definition) is 1. The molecule has 17 heavy (non-hydrogen) atoms. The molecule has 0 aliphatic rings. The van der Waals surface area contributed by atoms with Gasteiger partial charge in [-0.15, -0.1) is 0 Å². The van der Waals surface area contributed by atoms with Crippen LogP contribution in [0.15, 0.2) is 30.7 Å². The van der Waals surface area contributed by atoms with E-state index in [1.165, 1.54) is 5.69 Å². The molecular weight excluding hydrogens is 230 g/mol. The van der Waals surface area contributed by atoms with Crippen LogP contribution in [0.25, 0.3) is 0 Å². The first-order valence-corrected chi connectivity index (χ1v) is 6.07. The Bertz CT molecular complexity index is 546. The summed E-state index contributed by atoms with van der Waals surface area (Å²) in [6.45, 7) is 7.32. The average Bonchev–Trinajstić information content (AvgIpc) is 2.62. The summed E-state index contributed by atoms with van der Waals surface area (Å²) in [4.78, 5) is 7.25. The largest absolute Gasteiger partial charge is 0.337 e. The summed E-state index contributed by atoms with van der Waals surface area (Å²) in [6, 6.07) is 4.01. The molecule has 0 aliphatic heterocycles. The highest BCUT2D eigenvalue weighted by Crippen LogP contribution is 2.22. The summed E-state index contributed by atoms with van der Waals surface area (Å²) in [7, 11) is 0. The zero-order valence-electron chi connectivity index (χ0n) is 10.4. The Morgan fingerprint density at radius 2 is 2.18 bits per heavy atom. The quantitative estimate of drug-likeness (QED) is 0.826. The fourth-order valence-electron chi connectivity index (χ4n) is 1.85.